The number of carbonyl (C=O) groups excluding carboxylic acids is 1. The van der Waals surface area contributed by atoms with Gasteiger partial charge in [-0.05, 0) is 55.0 Å². The van der Waals surface area contributed by atoms with Crippen molar-refractivity contribution >= 4 is 16.7 Å². The Labute approximate surface area is 158 Å². The Morgan fingerprint density at radius 1 is 1.19 bits per heavy atom. The van der Waals surface area contributed by atoms with Crippen molar-refractivity contribution < 1.29 is 4.79 Å². The molecule has 4 nitrogen and oxygen atoms in total. The number of hydrogen-bond acceptors (Lipinski definition) is 3. The van der Waals surface area contributed by atoms with Gasteiger partial charge in [-0.2, -0.15) is 5.26 Å². The number of ketones is 1. The molecule has 1 heterocycles. The number of nitrogens with zero attached hydrogens (tertiary/aromatic N) is 1. The van der Waals surface area contributed by atoms with Gasteiger partial charge in [0.1, 0.15) is 0 Å². The summed E-state index contributed by atoms with van der Waals surface area (Å²) in [5.74, 6) is 0.0918. The molecule has 2 aromatic carbocycles. The maximum atomic E-state index is 12.0. The van der Waals surface area contributed by atoms with Gasteiger partial charge in [0, 0.05) is 23.1 Å². The molecule has 0 aliphatic heterocycles. The maximum absolute atomic E-state index is 12.0. The summed E-state index contributed by atoms with van der Waals surface area (Å²) in [6, 6.07) is 17.5. The minimum absolute atomic E-state index is 0.0918. The molecule has 1 aromatic heterocycles. The SMILES string of the molecule is CCC(=O)c1cccc(CC(C)(C#N)c2ccc3cc(C)c(=O)[nH]c3c2)c1. The highest BCUT2D eigenvalue weighted by Gasteiger charge is 2.27. The lowest BCUT2D eigenvalue weighted by Crippen LogP contribution is -2.23. The quantitative estimate of drug-likeness (QED) is 0.685. The molecule has 0 bridgehead atoms. The van der Waals surface area contributed by atoms with Crippen LogP contribution < -0.4 is 5.56 Å². The van der Waals surface area contributed by atoms with Gasteiger partial charge in [0.25, 0.3) is 5.56 Å². The number of carbonyl (C=O) groups is 1. The molecule has 0 saturated heterocycles. The van der Waals surface area contributed by atoms with Crippen LogP contribution in [0.3, 0.4) is 0 Å². The van der Waals surface area contributed by atoms with Crippen LogP contribution in [0.5, 0.6) is 0 Å². The van der Waals surface area contributed by atoms with Crippen LogP contribution in [0, 0.1) is 18.3 Å². The van der Waals surface area contributed by atoms with E-state index in [-0.39, 0.29) is 11.3 Å². The second-order valence-electron chi connectivity index (χ2n) is 7.18. The zero-order chi connectivity index (χ0) is 19.6. The Kier molecular flexibility index (Phi) is 4.96. The van der Waals surface area contributed by atoms with Crippen molar-refractivity contribution in [3.8, 4) is 6.07 Å². The Balaban J connectivity index is 2.01. The molecule has 0 aliphatic carbocycles. The number of nitriles is 1. The summed E-state index contributed by atoms with van der Waals surface area (Å²) >= 11 is 0. The van der Waals surface area contributed by atoms with Gasteiger partial charge >= 0.3 is 0 Å². The molecule has 0 fully saturated rings. The fourth-order valence-electron chi connectivity index (χ4n) is 3.33. The van der Waals surface area contributed by atoms with Gasteiger partial charge in [0.15, 0.2) is 5.78 Å². The molecule has 1 atom stereocenters. The third-order valence-corrected chi connectivity index (χ3v) is 5.04. The molecule has 0 saturated carbocycles. The summed E-state index contributed by atoms with van der Waals surface area (Å²) in [6.45, 7) is 5.50. The topological polar surface area (TPSA) is 73.7 Å². The summed E-state index contributed by atoms with van der Waals surface area (Å²) in [4.78, 5) is 26.8. The molecule has 3 rings (SSSR count). The summed E-state index contributed by atoms with van der Waals surface area (Å²) in [7, 11) is 0. The largest absolute Gasteiger partial charge is 0.322 e. The number of aryl methyl sites for hydroxylation is 1. The van der Waals surface area contributed by atoms with E-state index in [1.54, 1.807) is 6.92 Å². The molecule has 27 heavy (non-hydrogen) atoms. The maximum Gasteiger partial charge on any atom is 0.251 e. The fourth-order valence-corrected chi connectivity index (χ4v) is 3.33. The van der Waals surface area contributed by atoms with E-state index in [9.17, 15) is 14.9 Å². The number of benzene rings is 2. The predicted molar refractivity (Wildman–Crippen MR) is 107 cm³/mol. The van der Waals surface area contributed by atoms with E-state index in [1.165, 1.54) is 0 Å². The van der Waals surface area contributed by atoms with Gasteiger partial charge in [-0.15, -0.1) is 0 Å². The van der Waals surface area contributed by atoms with Crippen LogP contribution in [0.1, 0.15) is 47.3 Å². The number of aromatic nitrogens is 1. The predicted octanol–water partition coefficient (Wildman–Crippen LogP) is 4.45. The fraction of sp³-hybridized carbons (Fsp3) is 0.261. The van der Waals surface area contributed by atoms with Crippen molar-refractivity contribution in [2.24, 2.45) is 0 Å². The first-order valence-corrected chi connectivity index (χ1v) is 9.04. The Bertz CT molecular complexity index is 1120. The van der Waals surface area contributed by atoms with Crippen LogP contribution in [0.2, 0.25) is 0 Å². The summed E-state index contributed by atoms with van der Waals surface area (Å²) in [5, 5.41) is 10.8. The van der Waals surface area contributed by atoms with Crippen LogP contribution in [0.4, 0.5) is 0 Å². The number of fused-ring (bicyclic) bond motifs is 1. The van der Waals surface area contributed by atoms with E-state index in [2.05, 4.69) is 11.1 Å². The van der Waals surface area contributed by atoms with Crippen LogP contribution >= 0.6 is 0 Å². The molecular weight excluding hydrogens is 336 g/mol. The van der Waals surface area contributed by atoms with E-state index in [4.69, 9.17) is 0 Å². The zero-order valence-corrected chi connectivity index (χ0v) is 15.8. The molecule has 0 spiro atoms. The normalized spacial score (nSPS) is 13.1. The van der Waals surface area contributed by atoms with Gasteiger partial charge in [0.05, 0.1) is 11.5 Å². The van der Waals surface area contributed by atoms with Crippen molar-refractivity contribution in [1.82, 2.24) is 4.98 Å². The number of hydrogen-bond donors (Lipinski definition) is 1. The first-order chi connectivity index (χ1) is 12.9. The number of aromatic amines is 1. The number of pyridine rings is 1. The van der Waals surface area contributed by atoms with E-state index >= 15 is 0 Å². The van der Waals surface area contributed by atoms with Crippen LogP contribution in [0.15, 0.2) is 53.3 Å². The van der Waals surface area contributed by atoms with E-state index < -0.39 is 5.41 Å². The molecule has 4 heteroatoms. The van der Waals surface area contributed by atoms with Gasteiger partial charge in [-0.25, -0.2) is 0 Å². The summed E-state index contributed by atoms with van der Waals surface area (Å²) < 4.78 is 0. The lowest BCUT2D eigenvalue weighted by molar-refractivity contribution is 0.0988. The minimum Gasteiger partial charge on any atom is -0.322 e. The Morgan fingerprint density at radius 3 is 2.67 bits per heavy atom. The Hall–Kier alpha value is -3.19. The van der Waals surface area contributed by atoms with E-state index in [1.807, 2.05) is 62.4 Å². The highest BCUT2D eigenvalue weighted by molar-refractivity contribution is 5.96. The molecule has 136 valence electrons. The third kappa shape index (κ3) is 3.68. The summed E-state index contributed by atoms with van der Waals surface area (Å²) in [6.07, 6.45) is 0.937. The van der Waals surface area contributed by atoms with Gasteiger partial charge in [0.2, 0.25) is 0 Å². The molecule has 0 radical (unpaired) electrons. The standard InChI is InChI=1S/C23H22N2O2/c1-4-21(26)18-7-5-6-16(11-18)13-23(3,14-24)19-9-8-17-10-15(2)22(27)25-20(17)12-19/h5-12H,4,13H2,1-3H3,(H,25,27). The molecule has 0 amide bonds. The molecule has 1 unspecified atom stereocenters. The number of nitrogens with one attached hydrogen (secondary N) is 1. The lowest BCUT2D eigenvalue weighted by atomic mass is 9.78. The first kappa shape index (κ1) is 18.6. The van der Waals surface area contributed by atoms with Gasteiger partial charge < -0.3 is 4.98 Å². The first-order valence-electron chi connectivity index (χ1n) is 9.04. The van der Waals surface area contributed by atoms with Crippen molar-refractivity contribution in [2.45, 2.75) is 39.0 Å². The second-order valence-corrected chi connectivity index (χ2v) is 7.18. The third-order valence-electron chi connectivity index (χ3n) is 5.04. The lowest BCUT2D eigenvalue weighted by Gasteiger charge is -2.23. The van der Waals surface area contributed by atoms with E-state index in [0.717, 1.165) is 22.0 Å². The zero-order valence-electron chi connectivity index (χ0n) is 15.8. The number of rotatable bonds is 5. The molecular formula is C23H22N2O2. The monoisotopic (exact) mass is 358 g/mol. The Morgan fingerprint density at radius 2 is 1.96 bits per heavy atom. The average molecular weight is 358 g/mol. The van der Waals surface area contributed by atoms with E-state index in [0.29, 0.717) is 24.0 Å². The van der Waals surface area contributed by atoms with Crippen LogP contribution in [0.25, 0.3) is 10.9 Å². The number of Topliss-reactive ketones (excluding diaryl/α,β-unsaturated/α-hetero) is 1. The summed E-state index contributed by atoms with van der Waals surface area (Å²) in [5.41, 5.74) is 2.94. The molecule has 1 N–H and O–H groups in total. The number of H-pyrrole nitrogens is 1. The van der Waals surface area contributed by atoms with Crippen LogP contribution in [-0.4, -0.2) is 10.8 Å². The minimum atomic E-state index is -0.774. The smallest absolute Gasteiger partial charge is 0.251 e. The van der Waals surface area contributed by atoms with Gasteiger partial charge in [-0.1, -0.05) is 37.3 Å². The second kappa shape index (κ2) is 7.20. The van der Waals surface area contributed by atoms with Crippen molar-refractivity contribution in [3.05, 3.63) is 81.1 Å². The highest BCUT2D eigenvalue weighted by atomic mass is 16.1. The molecule has 0 aliphatic rings. The van der Waals surface area contributed by atoms with Crippen molar-refractivity contribution in [1.29, 1.82) is 5.26 Å². The molecule has 3 aromatic rings. The van der Waals surface area contributed by atoms with Crippen molar-refractivity contribution in [3.63, 3.8) is 0 Å². The average Bonchev–Trinajstić information content (AvgIpc) is 2.68. The highest BCUT2D eigenvalue weighted by Crippen LogP contribution is 2.30. The van der Waals surface area contributed by atoms with Crippen molar-refractivity contribution in [2.75, 3.05) is 0 Å². The van der Waals surface area contributed by atoms with Crippen LogP contribution in [-0.2, 0) is 11.8 Å². The van der Waals surface area contributed by atoms with Gasteiger partial charge in [-0.3, -0.25) is 9.59 Å².